The van der Waals surface area contributed by atoms with Crippen molar-refractivity contribution in [3.63, 3.8) is 0 Å². The zero-order chi connectivity index (χ0) is 23.7. The molecule has 0 unspecified atom stereocenters. The monoisotopic (exact) mass is 537 g/mol. The first-order valence-electron chi connectivity index (χ1n) is 10.5. The van der Waals surface area contributed by atoms with Crippen molar-refractivity contribution in [2.75, 3.05) is 7.11 Å². The quantitative estimate of drug-likeness (QED) is 0.184. The zero-order valence-corrected chi connectivity index (χ0v) is 20.9. The van der Waals surface area contributed by atoms with Gasteiger partial charge in [0, 0.05) is 10.2 Å². The van der Waals surface area contributed by atoms with Gasteiger partial charge in [-0.1, -0.05) is 39.8 Å². The molecular formula is C25H20BrN3O4S. The number of nitrogens with zero attached hydrogens (tertiary/aromatic N) is 3. The molecular weight excluding hydrogens is 518 g/mol. The Morgan fingerprint density at radius 3 is 2.76 bits per heavy atom. The number of oxazole rings is 1. The summed E-state index contributed by atoms with van der Waals surface area (Å²) in [5.74, 6) is 3.01. The van der Waals surface area contributed by atoms with Gasteiger partial charge in [-0.05, 0) is 49.4 Å². The standard InChI is InChI=1S/C25H20BrN3O4S/c1-15-21(27-23(33-15)19-12-16(26)9-10-22(19)31-2)14-34-25-28-20-8-4-3-7-18(20)24(30)29(25)13-17-6-5-11-32-17/h3-12H,13-14H2,1-2H3. The summed E-state index contributed by atoms with van der Waals surface area (Å²) in [5.41, 5.74) is 2.08. The van der Waals surface area contributed by atoms with Gasteiger partial charge in [0.15, 0.2) is 5.16 Å². The zero-order valence-electron chi connectivity index (χ0n) is 18.4. The second-order valence-corrected chi connectivity index (χ2v) is 9.40. The fourth-order valence-corrected chi connectivity index (χ4v) is 4.97. The van der Waals surface area contributed by atoms with E-state index >= 15 is 0 Å². The van der Waals surface area contributed by atoms with Crippen LogP contribution in [0.1, 0.15) is 17.2 Å². The minimum atomic E-state index is -0.110. The van der Waals surface area contributed by atoms with E-state index in [0.717, 1.165) is 15.7 Å². The SMILES string of the molecule is COc1ccc(Br)cc1-c1nc(CSc2nc3ccccc3c(=O)n2Cc2ccco2)c(C)o1. The van der Waals surface area contributed by atoms with Crippen LogP contribution in [-0.4, -0.2) is 21.6 Å². The fraction of sp³-hybridized carbons (Fsp3) is 0.160. The van der Waals surface area contributed by atoms with Gasteiger partial charge in [0.1, 0.15) is 17.3 Å². The number of aryl methyl sites for hydroxylation is 1. The third-order valence-corrected chi connectivity index (χ3v) is 6.82. The second-order valence-electron chi connectivity index (χ2n) is 7.54. The van der Waals surface area contributed by atoms with Crippen LogP contribution in [0.4, 0.5) is 0 Å². The van der Waals surface area contributed by atoms with Crippen LogP contribution in [0.2, 0.25) is 0 Å². The first-order chi connectivity index (χ1) is 16.5. The average molecular weight is 538 g/mol. The number of thioether (sulfide) groups is 1. The Morgan fingerprint density at radius 1 is 1.12 bits per heavy atom. The second kappa shape index (κ2) is 9.52. The predicted molar refractivity (Wildman–Crippen MR) is 134 cm³/mol. The van der Waals surface area contributed by atoms with Gasteiger partial charge in [-0.15, -0.1) is 0 Å². The first-order valence-corrected chi connectivity index (χ1v) is 12.3. The average Bonchev–Trinajstić information content (AvgIpc) is 3.49. The largest absolute Gasteiger partial charge is 0.496 e. The number of hydrogen-bond donors (Lipinski definition) is 0. The summed E-state index contributed by atoms with van der Waals surface area (Å²) in [7, 11) is 1.61. The molecule has 0 spiro atoms. The Balaban J connectivity index is 1.49. The number of halogens is 1. The van der Waals surface area contributed by atoms with Crippen molar-refractivity contribution in [3.8, 4) is 17.2 Å². The molecule has 0 saturated carbocycles. The van der Waals surface area contributed by atoms with Crippen molar-refractivity contribution in [2.24, 2.45) is 0 Å². The minimum absolute atomic E-state index is 0.110. The van der Waals surface area contributed by atoms with E-state index in [-0.39, 0.29) is 5.56 Å². The van der Waals surface area contributed by atoms with Gasteiger partial charge in [-0.2, -0.15) is 0 Å². The lowest BCUT2D eigenvalue weighted by molar-refractivity contribution is 0.414. The third-order valence-electron chi connectivity index (χ3n) is 5.34. The molecule has 0 atom stereocenters. The van der Waals surface area contributed by atoms with Crippen LogP contribution in [0.3, 0.4) is 0 Å². The van der Waals surface area contributed by atoms with Gasteiger partial charge in [-0.3, -0.25) is 9.36 Å². The molecule has 0 bridgehead atoms. The molecule has 0 aliphatic heterocycles. The number of aromatic nitrogens is 3. The smallest absolute Gasteiger partial charge is 0.262 e. The van der Waals surface area contributed by atoms with Gasteiger partial charge in [-0.25, -0.2) is 9.97 Å². The molecule has 7 nitrogen and oxygen atoms in total. The lowest BCUT2D eigenvalue weighted by Gasteiger charge is -2.11. The van der Waals surface area contributed by atoms with Crippen molar-refractivity contribution < 1.29 is 13.6 Å². The molecule has 0 N–H and O–H groups in total. The maximum Gasteiger partial charge on any atom is 0.262 e. The van der Waals surface area contributed by atoms with Crippen LogP contribution < -0.4 is 10.3 Å². The molecule has 5 rings (SSSR count). The molecule has 0 aliphatic carbocycles. The van der Waals surface area contributed by atoms with E-state index in [1.165, 1.54) is 11.8 Å². The molecule has 34 heavy (non-hydrogen) atoms. The topological polar surface area (TPSA) is 83.3 Å². The van der Waals surface area contributed by atoms with Crippen LogP contribution in [0.15, 0.2) is 84.1 Å². The van der Waals surface area contributed by atoms with E-state index in [4.69, 9.17) is 23.5 Å². The van der Waals surface area contributed by atoms with Gasteiger partial charge in [0.25, 0.3) is 5.56 Å². The van der Waals surface area contributed by atoms with Gasteiger partial charge < -0.3 is 13.6 Å². The lowest BCUT2D eigenvalue weighted by Crippen LogP contribution is -2.23. The summed E-state index contributed by atoms with van der Waals surface area (Å²) >= 11 is 4.92. The summed E-state index contributed by atoms with van der Waals surface area (Å²) in [6.45, 7) is 2.17. The highest BCUT2D eigenvalue weighted by atomic mass is 79.9. The minimum Gasteiger partial charge on any atom is -0.496 e. The van der Waals surface area contributed by atoms with Crippen molar-refractivity contribution >= 4 is 38.6 Å². The summed E-state index contributed by atoms with van der Waals surface area (Å²) in [4.78, 5) is 22.7. The van der Waals surface area contributed by atoms with Crippen molar-refractivity contribution in [3.05, 3.63) is 92.9 Å². The molecule has 0 aliphatic rings. The van der Waals surface area contributed by atoms with Crippen LogP contribution in [0.25, 0.3) is 22.4 Å². The Morgan fingerprint density at radius 2 is 1.97 bits per heavy atom. The summed E-state index contributed by atoms with van der Waals surface area (Å²) in [5, 5.41) is 1.16. The van der Waals surface area contributed by atoms with Crippen LogP contribution >= 0.6 is 27.7 Å². The van der Waals surface area contributed by atoms with Gasteiger partial charge in [0.2, 0.25) is 5.89 Å². The third kappa shape index (κ3) is 4.41. The first kappa shape index (κ1) is 22.5. The number of fused-ring (bicyclic) bond motifs is 1. The Bertz CT molecular complexity index is 1530. The number of hydrogen-bond acceptors (Lipinski definition) is 7. The van der Waals surface area contributed by atoms with Crippen molar-refractivity contribution in [1.82, 2.24) is 14.5 Å². The fourth-order valence-electron chi connectivity index (χ4n) is 3.61. The predicted octanol–water partition coefficient (Wildman–Crippen LogP) is 6.06. The summed E-state index contributed by atoms with van der Waals surface area (Å²) in [6.07, 6.45) is 1.60. The van der Waals surface area contributed by atoms with Crippen LogP contribution in [0.5, 0.6) is 5.75 Å². The van der Waals surface area contributed by atoms with E-state index in [1.54, 1.807) is 30.1 Å². The highest BCUT2D eigenvalue weighted by Crippen LogP contribution is 2.34. The number of benzene rings is 2. The molecule has 3 heterocycles. The highest BCUT2D eigenvalue weighted by molar-refractivity contribution is 9.10. The highest BCUT2D eigenvalue weighted by Gasteiger charge is 2.18. The molecule has 0 amide bonds. The number of methoxy groups -OCH3 is 1. The Hall–Kier alpha value is -3.30. The van der Waals surface area contributed by atoms with E-state index in [9.17, 15) is 4.79 Å². The van der Waals surface area contributed by atoms with E-state index in [1.807, 2.05) is 49.4 Å². The number of ether oxygens (including phenoxy) is 1. The molecule has 2 aromatic carbocycles. The Kier molecular flexibility index (Phi) is 6.30. The maximum absolute atomic E-state index is 13.3. The van der Waals surface area contributed by atoms with Gasteiger partial charge in [0.05, 0.1) is 42.1 Å². The normalized spacial score (nSPS) is 11.3. The number of rotatable bonds is 7. The van der Waals surface area contributed by atoms with Crippen LogP contribution in [0, 0.1) is 6.92 Å². The van der Waals surface area contributed by atoms with Crippen LogP contribution in [-0.2, 0) is 12.3 Å². The Labute approximate surface area is 207 Å². The number of para-hydroxylation sites is 1. The lowest BCUT2D eigenvalue weighted by atomic mass is 10.2. The molecule has 0 radical (unpaired) electrons. The molecule has 0 fully saturated rings. The summed E-state index contributed by atoms with van der Waals surface area (Å²) in [6, 6.07) is 16.7. The maximum atomic E-state index is 13.3. The van der Waals surface area contributed by atoms with Crippen molar-refractivity contribution in [2.45, 2.75) is 24.4 Å². The molecule has 5 aromatic rings. The molecule has 0 saturated heterocycles. The van der Waals surface area contributed by atoms with E-state index in [2.05, 4.69) is 15.9 Å². The van der Waals surface area contributed by atoms with E-state index in [0.29, 0.717) is 51.5 Å². The molecule has 172 valence electrons. The van der Waals surface area contributed by atoms with E-state index < -0.39 is 0 Å². The van der Waals surface area contributed by atoms with Crippen molar-refractivity contribution in [1.29, 1.82) is 0 Å². The molecule has 9 heteroatoms. The summed E-state index contributed by atoms with van der Waals surface area (Å²) < 4.78 is 19.5. The number of furan rings is 1. The van der Waals surface area contributed by atoms with Gasteiger partial charge >= 0.3 is 0 Å². The molecule has 3 aromatic heterocycles.